The summed E-state index contributed by atoms with van der Waals surface area (Å²) in [7, 11) is 0.779. The van der Waals surface area contributed by atoms with Crippen molar-refractivity contribution in [2.24, 2.45) is 5.92 Å². The predicted molar refractivity (Wildman–Crippen MR) is 80.1 cm³/mol. The molecule has 0 bridgehead atoms. The molecule has 1 atom stereocenters. The van der Waals surface area contributed by atoms with Crippen LogP contribution in [0.5, 0.6) is 0 Å². The Kier molecular flexibility index (Phi) is 5.20. The zero-order valence-electron chi connectivity index (χ0n) is 12.7. The molecule has 0 aromatic carbocycles. The van der Waals surface area contributed by atoms with E-state index < -0.39 is 16.3 Å². The molecule has 1 aliphatic carbocycles. The lowest BCUT2D eigenvalue weighted by atomic mass is 9.91. The highest BCUT2D eigenvalue weighted by molar-refractivity contribution is 7.85. The third kappa shape index (κ3) is 3.59. The van der Waals surface area contributed by atoms with Crippen LogP contribution in [0.4, 0.5) is 0 Å². The molecule has 5 nitrogen and oxygen atoms in total. The average molecular weight is 302 g/mol. The molecule has 0 aromatic rings. The monoisotopic (exact) mass is 302 g/mol. The zero-order chi connectivity index (χ0) is 14.8. The number of nitrogens with one attached hydrogen (secondary N) is 1. The van der Waals surface area contributed by atoms with Crippen molar-refractivity contribution in [2.45, 2.75) is 38.3 Å². The van der Waals surface area contributed by atoms with Crippen LogP contribution < -0.4 is 5.32 Å². The summed E-state index contributed by atoms with van der Waals surface area (Å²) in [4.78, 5) is 14.7. The van der Waals surface area contributed by atoms with E-state index in [-0.39, 0.29) is 12.0 Å². The fraction of sp³-hybridized carbons (Fsp3) is 0.929. The largest absolute Gasteiger partial charge is 0.468 e. The topological polar surface area (TPSA) is 58.6 Å². The Morgan fingerprint density at radius 1 is 1.40 bits per heavy atom. The molecule has 1 saturated heterocycles. The third-order valence-electron chi connectivity index (χ3n) is 4.11. The van der Waals surface area contributed by atoms with E-state index in [9.17, 15) is 9.00 Å². The number of methoxy groups -OCH3 is 1. The van der Waals surface area contributed by atoms with Gasteiger partial charge >= 0.3 is 5.97 Å². The number of rotatable bonds is 6. The average Bonchev–Trinajstić information content (AvgIpc) is 3.23. The Morgan fingerprint density at radius 2 is 2.00 bits per heavy atom. The quantitative estimate of drug-likeness (QED) is 0.719. The van der Waals surface area contributed by atoms with Gasteiger partial charge in [0.2, 0.25) is 0 Å². The highest BCUT2D eigenvalue weighted by Crippen LogP contribution is 2.41. The van der Waals surface area contributed by atoms with Crippen LogP contribution in [0.3, 0.4) is 0 Å². The van der Waals surface area contributed by atoms with Crippen LogP contribution >= 0.6 is 0 Å². The summed E-state index contributed by atoms with van der Waals surface area (Å²) in [5, 5.41) is 3.47. The minimum absolute atomic E-state index is 0.152. The summed E-state index contributed by atoms with van der Waals surface area (Å²) in [6.45, 7) is 6.39. The lowest BCUT2D eigenvalue weighted by molar-refractivity contribution is -0.151. The first-order valence-electron chi connectivity index (χ1n) is 7.41. The zero-order valence-corrected chi connectivity index (χ0v) is 13.5. The summed E-state index contributed by atoms with van der Waals surface area (Å²) >= 11 is 0. The molecule has 1 saturated carbocycles. The molecule has 2 fully saturated rings. The van der Waals surface area contributed by atoms with Gasteiger partial charge in [-0.25, -0.2) is 4.79 Å². The molecular formula is C14H26N2O3S. The number of carbonyl (C=O) groups is 1. The Hall–Kier alpha value is -0.460. The molecule has 20 heavy (non-hydrogen) atoms. The van der Waals surface area contributed by atoms with E-state index in [1.54, 1.807) is 0 Å². The van der Waals surface area contributed by atoms with Gasteiger partial charge in [0.1, 0.15) is 5.54 Å². The Morgan fingerprint density at radius 3 is 2.45 bits per heavy atom. The molecular weight excluding hydrogens is 276 g/mol. The first kappa shape index (κ1) is 15.9. The maximum atomic E-state index is 12.4. The van der Waals surface area contributed by atoms with E-state index in [2.05, 4.69) is 24.1 Å². The van der Waals surface area contributed by atoms with E-state index in [0.29, 0.717) is 24.0 Å². The van der Waals surface area contributed by atoms with Crippen molar-refractivity contribution in [2.75, 3.05) is 38.2 Å². The minimum atomic E-state index is -0.686. The second-order valence-electron chi connectivity index (χ2n) is 6.16. The fourth-order valence-electron chi connectivity index (χ4n) is 3.04. The fourth-order valence-corrected chi connectivity index (χ4v) is 4.17. The lowest BCUT2D eigenvalue weighted by Gasteiger charge is -2.39. The molecule has 6 heteroatoms. The van der Waals surface area contributed by atoms with Crippen LogP contribution in [0.2, 0.25) is 0 Å². The maximum absolute atomic E-state index is 12.4. The number of ether oxygens (including phenoxy) is 1. The summed E-state index contributed by atoms with van der Waals surface area (Å²) in [6.07, 6.45) is 2.16. The van der Waals surface area contributed by atoms with Crippen molar-refractivity contribution < 1.29 is 13.7 Å². The van der Waals surface area contributed by atoms with Gasteiger partial charge in [-0.15, -0.1) is 0 Å². The summed E-state index contributed by atoms with van der Waals surface area (Å²) in [5.74, 6) is 1.64. The first-order chi connectivity index (χ1) is 9.48. The van der Waals surface area contributed by atoms with Crippen LogP contribution in [0, 0.1) is 5.92 Å². The van der Waals surface area contributed by atoms with Gasteiger partial charge in [0.05, 0.1) is 7.11 Å². The van der Waals surface area contributed by atoms with Gasteiger partial charge in [-0.2, -0.15) is 0 Å². The first-order valence-corrected chi connectivity index (χ1v) is 8.90. The van der Waals surface area contributed by atoms with Crippen LogP contribution in [0.25, 0.3) is 0 Å². The molecule has 1 N–H and O–H groups in total. The van der Waals surface area contributed by atoms with E-state index >= 15 is 0 Å². The van der Waals surface area contributed by atoms with Crippen molar-refractivity contribution in [3.63, 3.8) is 0 Å². The number of hydrogen-bond acceptors (Lipinski definition) is 5. The molecule has 1 heterocycles. The van der Waals surface area contributed by atoms with Gasteiger partial charge in [-0.1, -0.05) is 0 Å². The SMILES string of the molecule is COC(=O)C(CN1CCS(=O)CC1)(NC(C)C)C1CC1. The van der Waals surface area contributed by atoms with Gasteiger partial charge < -0.3 is 4.74 Å². The molecule has 2 aliphatic rings. The second-order valence-corrected chi connectivity index (χ2v) is 7.86. The highest BCUT2D eigenvalue weighted by Gasteiger charge is 2.53. The Bertz CT molecular complexity index is 375. The molecule has 1 unspecified atom stereocenters. The number of esters is 1. The smallest absolute Gasteiger partial charge is 0.327 e. The van der Waals surface area contributed by atoms with Crippen LogP contribution in [0.15, 0.2) is 0 Å². The molecule has 0 aromatic heterocycles. The summed E-state index contributed by atoms with van der Waals surface area (Å²) < 4.78 is 16.6. The number of hydrogen-bond donors (Lipinski definition) is 1. The normalized spacial score (nSPS) is 24.6. The van der Waals surface area contributed by atoms with Crippen molar-refractivity contribution >= 4 is 16.8 Å². The van der Waals surface area contributed by atoms with Crippen molar-refractivity contribution in [1.82, 2.24) is 10.2 Å². The van der Waals surface area contributed by atoms with Gasteiger partial charge in [-0.05, 0) is 32.6 Å². The summed E-state index contributed by atoms with van der Waals surface area (Å²) in [5.41, 5.74) is -0.595. The van der Waals surface area contributed by atoms with Crippen molar-refractivity contribution in [3.8, 4) is 0 Å². The van der Waals surface area contributed by atoms with Crippen molar-refractivity contribution in [3.05, 3.63) is 0 Å². The maximum Gasteiger partial charge on any atom is 0.327 e. The van der Waals surface area contributed by atoms with Gasteiger partial charge in [-0.3, -0.25) is 14.4 Å². The summed E-state index contributed by atoms with van der Waals surface area (Å²) in [6, 6.07) is 0.230. The van der Waals surface area contributed by atoms with Crippen LogP contribution in [0.1, 0.15) is 26.7 Å². The van der Waals surface area contributed by atoms with Crippen molar-refractivity contribution in [1.29, 1.82) is 0 Å². The molecule has 0 spiro atoms. The third-order valence-corrected chi connectivity index (χ3v) is 5.39. The Labute approximate surface area is 123 Å². The number of nitrogens with zero attached hydrogens (tertiary/aromatic N) is 1. The van der Waals surface area contributed by atoms with Gasteiger partial charge in [0.25, 0.3) is 0 Å². The van der Waals surface area contributed by atoms with E-state index in [1.807, 2.05) is 0 Å². The van der Waals surface area contributed by atoms with Gasteiger partial charge in [0, 0.05) is 48.0 Å². The Balaban J connectivity index is 2.12. The number of carbonyl (C=O) groups excluding carboxylic acids is 1. The second kappa shape index (κ2) is 6.54. The minimum Gasteiger partial charge on any atom is -0.468 e. The van der Waals surface area contributed by atoms with Crippen LogP contribution in [-0.4, -0.2) is 64.9 Å². The van der Waals surface area contributed by atoms with E-state index in [4.69, 9.17) is 4.74 Å². The molecule has 0 radical (unpaired) electrons. The highest BCUT2D eigenvalue weighted by atomic mass is 32.2. The molecule has 1 aliphatic heterocycles. The van der Waals surface area contributed by atoms with E-state index in [1.165, 1.54) is 7.11 Å². The lowest BCUT2D eigenvalue weighted by Crippen LogP contribution is -2.64. The molecule has 2 rings (SSSR count). The standard InChI is InChI=1S/C14H26N2O3S/c1-11(2)15-14(12-4-5-12,13(17)19-3)10-16-6-8-20(18)9-7-16/h11-12,15H,4-10H2,1-3H3. The van der Waals surface area contributed by atoms with Gasteiger partial charge in [0.15, 0.2) is 0 Å². The van der Waals surface area contributed by atoms with E-state index in [0.717, 1.165) is 25.9 Å². The van der Waals surface area contributed by atoms with Crippen LogP contribution in [-0.2, 0) is 20.3 Å². The molecule has 0 amide bonds. The predicted octanol–water partition coefficient (Wildman–Crippen LogP) is 0.371. The molecule has 116 valence electrons.